The fourth-order valence-electron chi connectivity index (χ4n) is 2.14. The van der Waals surface area contributed by atoms with E-state index in [-0.39, 0.29) is 18.5 Å². The van der Waals surface area contributed by atoms with E-state index in [1.807, 2.05) is 0 Å². The molecule has 1 rings (SSSR count). The highest BCUT2D eigenvalue weighted by molar-refractivity contribution is 7.87. The zero-order valence-corrected chi connectivity index (χ0v) is 15.8. The topological polar surface area (TPSA) is 108 Å². The number of ether oxygens (including phenoxy) is 1. The second kappa shape index (κ2) is 8.13. The van der Waals surface area contributed by atoms with E-state index in [1.165, 1.54) is 14.1 Å². The normalized spacial score (nSPS) is 17.0. The highest BCUT2D eigenvalue weighted by Crippen LogP contribution is 2.12. The highest BCUT2D eigenvalue weighted by Gasteiger charge is 2.27. The van der Waals surface area contributed by atoms with Crippen molar-refractivity contribution in [1.82, 2.24) is 19.2 Å². The Morgan fingerprint density at radius 3 is 2.21 bits per heavy atom. The summed E-state index contributed by atoms with van der Waals surface area (Å²) in [6.07, 6.45) is 0.431. The Bertz CT molecular complexity index is 548. The lowest BCUT2D eigenvalue weighted by Gasteiger charge is -2.32. The molecule has 0 aromatic rings. The third kappa shape index (κ3) is 7.02. The minimum atomic E-state index is -3.47. The van der Waals surface area contributed by atoms with Gasteiger partial charge in [0.05, 0.1) is 0 Å². The lowest BCUT2D eigenvalue weighted by atomic mass is 10.1. The van der Waals surface area contributed by atoms with E-state index < -0.39 is 21.9 Å². The van der Waals surface area contributed by atoms with Crippen LogP contribution in [-0.4, -0.2) is 75.0 Å². The monoisotopic (exact) mass is 364 g/mol. The first-order chi connectivity index (χ1) is 10.9. The molecule has 0 aromatic heterocycles. The molecule has 1 aliphatic rings. The van der Waals surface area contributed by atoms with Gasteiger partial charge in [0.2, 0.25) is 5.91 Å². The predicted octanol–water partition coefficient (Wildman–Crippen LogP) is -0.102. The second-order valence-corrected chi connectivity index (χ2v) is 8.83. The van der Waals surface area contributed by atoms with Crippen LogP contribution in [0.4, 0.5) is 4.79 Å². The van der Waals surface area contributed by atoms with Gasteiger partial charge in [-0.05, 0) is 33.6 Å². The molecule has 140 valence electrons. The molecule has 2 amide bonds. The Hall–Kier alpha value is -1.39. The number of amides is 2. The Morgan fingerprint density at radius 2 is 1.75 bits per heavy atom. The van der Waals surface area contributed by atoms with Gasteiger partial charge in [0.1, 0.15) is 12.1 Å². The quantitative estimate of drug-likeness (QED) is 0.708. The van der Waals surface area contributed by atoms with Crippen LogP contribution in [0, 0.1) is 0 Å². The number of likely N-dealkylation sites (tertiary alicyclic amines) is 1. The van der Waals surface area contributed by atoms with Gasteiger partial charge in [-0.2, -0.15) is 17.4 Å². The van der Waals surface area contributed by atoms with Crippen molar-refractivity contribution in [3.05, 3.63) is 0 Å². The van der Waals surface area contributed by atoms with Crippen molar-refractivity contribution in [3.63, 3.8) is 0 Å². The van der Waals surface area contributed by atoms with Gasteiger partial charge in [0.15, 0.2) is 0 Å². The van der Waals surface area contributed by atoms with Crippen LogP contribution in [0.25, 0.3) is 0 Å². The Balaban J connectivity index is 2.37. The average Bonchev–Trinajstić information content (AvgIpc) is 2.43. The van der Waals surface area contributed by atoms with Crippen molar-refractivity contribution < 1.29 is 22.7 Å². The van der Waals surface area contributed by atoms with Crippen LogP contribution in [0.2, 0.25) is 0 Å². The molecule has 10 heteroatoms. The summed E-state index contributed by atoms with van der Waals surface area (Å²) in [5, 5.41) is 2.43. The van der Waals surface area contributed by atoms with E-state index in [0.29, 0.717) is 25.9 Å². The number of piperidine rings is 1. The second-order valence-electron chi connectivity index (χ2n) is 6.92. The van der Waals surface area contributed by atoms with E-state index in [2.05, 4.69) is 10.0 Å². The van der Waals surface area contributed by atoms with E-state index in [9.17, 15) is 18.0 Å². The molecular weight excluding hydrogens is 336 g/mol. The van der Waals surface area contributed by atoms with Crippen molar-refractivity contribution in [2.24, 2.45) is 0 Å². The number of hydrogen-bond donors (Lipinski definition) is 2. The molecule has 0 saturated carbocycles. The molecule has 0 atom stereocenters. The van der Waals surface area contributed by atoms with Crippen LogP contribution in [0.5, 0.6) is 0 Å². The molecule has 24 heavy (non-hydrogen) atoms. The van der Waals surface area contributed by atoms with E-state index >= 15 is 0 Å². The predicted molar refractivity (Wildman–Crippen MR) is 89.6 cm³/mol. The van der Waals surface area contributed by atoms with Crippen LogP contribution in [-0.2, 0) is 19.7 Å². The minimum absolute atomic E-state index is 0.136. The van der Waals surface area contributed by atoms with Crippen LogP contribution in [0.15, 0.2) is 0 Å². The Kier molecular flexibility index (Phi) is 6.99. The molecule has 0 bridgehead atoms. The minimum Gasteiger partial charge on any atom is -0.444 e. The SMILES string of the molecule is CN(C)S(=O)(=O)NC1CCN(C(=O)CNC(=O)OC(C)(C)C)CC1. The summed E-state index contributed by atoms with van der Waals surface area (Å²) in [4.78, 5) is 25.2. The van der Waals surface area contributed by atoms with Gasteiger partial charge in [-0.1, -0.05) is 0 Å². The first-order valence-electron chi connectivity index (χ1n) is 7.85. The fraction of sp³-hybridized carbons (Fsp3) is 0.857. The molecule has 1 heterocycles. The number of carbonyl (C=O) groups is 2. The average molecular weight is 364 g/mol. The summed E-state index contributed by atoms with van der Waals surface area (Å²) in [7, 11) is -0.545. The molecule has 1 saturated heterocycles. The van der Waals surface area contributed by atoms with Crippen molar-refractivity contribution in [2.75, 3.05) is 33.7 Å². The van der Waals surface area contributed by atoms with E-state index in [1.54, 1.807) is 25.7 Å². The van der Waals surface area contributed by atoms with Crippen LogP contribution < -0.4 is 10.0 Å². The van der Waals surface area contributed by atoms with Crippen LogP contribution in [0.3, 0.4) is 0 Å². The largest absolute Gasteiger partial charge is 0.444 e. The highest BCUT2D eigenvalue weighted by atomic mass is 32.2. The molecule has 1 fully saturated rings. The number of carbonyl (C=O) groups excluding carboxylic acids is 2. The summed E-state index contributed by atoms with van der Waals surface area (Å²) in [6, 6.07) is -0.194. The maximum atomic E-state index is 12.1. The Morgan fingerprint density at radius 1 is 1.21 bits per heavy atom. The number of nitrogens with one attached hydrogen (secondary N) is 2. The number of rotatable bonds is 5. The molecule has 1 aliphatic heterocycles. The van der Waals surface area contributed by atoms with Gasteiger partial charge in [0.25, 0.3) is 10.2 Å². The molecule has 9 nitrogen and oxygen atoms in total. The lowest BCUT2D eigenvalue weighted by molar-refractivity contribution is -0.131. The summed E-state index contributed by atoms with van der Waals surface area (Å²) in [5.41, 5.74) is -0.616. The van der Waals surface area contributed by atoms with Crippen LogP contribution >= 0.6 is 0 Å². The van der Waals surface area contributed by atoms with Gasteiger partial charge in [-0.25, -0.2) is 4.79 Å². The van der Waals surface area contributed by atoms with Crippen LogP contribution in [0.1, 0.15) is 33.6 Å². The fourth-order valence-corrected chi connectivity index (χ4v) is 3.00. The smallest absolute Gasteiger partial charge is 0.408 e. The summed E-state index contributed by atoms with van der Waals surface area (Å²) < 4.78 is 32.3. The summed E-state index contributed by atoms with van der Waals surface area (Å²) in [6.45, 7) is 5.98. The number of nitrogens with zero attached hydrogens (tertiary/aromatic N) is 2. The molecule has 0 spiro atoms. The molecule has 2 N–H and O–H groups in total. The number of hydrogen-bond acceptors (Lipinski definition) is 5. The molecular formula is C14H28N4O5S. The lowest BCUT2D eigenvalue weighted by Crippen LogP contribution is -2.50. The molecule has 0 radical (unpaired) electrons. The third-order valence-corrected chi connectivity index (χ3v) is 5.02. The van der Waals surface area contributed by atoms with Gasteiger partial charge >= 0.3 is 6.09 Å². The number of alkyl carbamates (subject to hydrolysis) is 1. The van der Waals surface area contributed by atoms with E-state index in [0.717, 1.165) is 4.31 Å². The molecule has 0 aromatic carbocycles. The van der Waals surface area contributed by atoms with E-state index in [4.69, 9.17) is 4.74 Å². The summed E-state index contributed by atoms with van der Waals surface area (Å²) >= 11 is 0. The van der Waals surface area contributed by atoms with Crippen molar-refractivity contribution >= 4 is 22.2 Å². The van der Waals surface area contributed by atoms with Crippen molar-refractivity contribution in [1.29, 1.82) is 0 Å². The van der Waals surface area contributed by atoms with Crippen molar-refractivity contribution in [3.8, 4) is 0 Å². The molecule has 0 aliphatic carbocycles. The standard InChI is InChI=1S/C14H28N4O5S/c1-14(2,3)23-13(20)15-10-12(19)18-8-6-11(7-9-18)16-24(21,22)17(4)5/h11,16H,6-10H2,1-5H3,(H,15,20). The third-order valence-electron chi connectivity index (χ3n) is 3.43. The summed E-state index contributed by atoms with van der Waals surface area (Å²) in [5.74, 6) is -0.213. The Labute approximate surface area is 143 Å². The zero-order valence-electron chi connectivity index (χ0n) is 15.0. The first kappa shape index (κ1) is 20.7. The van der Waals surface area contributed by atoms with Gasteiger partial charge < -0.3 is 15.0 Å². The van der Waals surface area contributed by atoms with Crippen molar-refractivity contribution in [2.45, 2.75) is 45.3 Å². The van der Waals surface area contributed by atoms with Gasteiger partial charge in [-0.3, -0.25) is 4.79 Å². The maximum Gasteiger partial charge on any atom is 0.408 e. The maximum absolute atomic E-state index is 12.1. The van der Waals surface area contributed by atoms with Gasteiger partial charge in [0, 0.05) is 33.2 Å². The zero-order chi connectivity index (χ0) is 18.5. The first-order valence-corrected chi connectivity index (χ1v) is 9.29. The van der Waals surface area contributed by atoms with Gasteiger partial charge in [-0.15, -0.1) is 0 Å². The molecule has 0 unspecified atom stereocenters.